The van der Waals surface area contributed by atoms with Gasteiger partial charge in [-0.3, -0.25) is 14.6 Å². The second kappa shape index (κ2) is 16.8. The third-order valence-electron chi connectivity index (χ3n) is 12.9. The maximum atomic E-state index is 14.3. The Morgan fingerprint density at radius 3 is 1.89 bits per heavy atom. The van der Waals surface area contributed by atoms with E-state index in [1.165, 1.54) is 12.8 Å². The summed E-state index contributed by atoms with van der Waals surface area (Å²) >= 11 is 13.6. The first-order valence-corrected chi connectivity index (χ1v) is 20.2. The second-order valence-electron chi connectivity index (χ2n) is 15.5. The van der Waals surface area contributed by atoms with E-state index in [-0.39, 0.29) is 51.2 Å². The minimum atomic E-state index is -1.78. The van der Waals surface area contributed by atoms with E-state index < -0.39 is 17.4 Å². The molecule has 12 heteroatoms. The Bertz CT molecular complexity index is 1790. The van der Waals surface area contributed by atoms with Crippen LogP contribution in [0.25, 0.3) is 0 Å². The first-order chi connectivity index (χ1) is 25.8. The van der Waals surface area contributed by atoms with Gasteiger partial charge in [-0.1, -0.05) is 67.4 Å². The van der Waals surface area contributed by atoms with E-state index in [0.29, 0.717) is 43.3 Å². The summed E-state index contributed by atoms with van der Waals surface area (Å²) in [5.74, 6) is -2.78. The fourth-order valence-corrected chi connectivity index (χ4v) is 10.5. The molecule has 3 atom stereocenters. The lowest BCUT2D eigenvalue weighted by atomic mass is 9.66. The van der Waals surface area contributed by atoms with E-state index in [4.69, 9.17) is 23.2 Å². The van der Waals surface area contributed by atoms with Crippen LogP contribution in [0, 0.1) is 0 Å². The van der Waals surface area contributed by atoms with Gasteiger partial charge in [0.05, 0.1) is 23.0 Å². The highest BCUT2D eigenvalue weighted by molar-refractivity contribution is 6.36. The number of hydrogen-bond acceptors (Lipinski definition) is 7. The lowest BCUT2D eigenvalue weighted by Gasteiger charge is -2.46. The number of allylic oxidation sites excluding steroid dienone is 1. The number of piperidine rings is 1. The Balaban J connectivity index is 1.34. The number of fused-ring (bicyclic) bond motifs is 2. The number of aryl methyl sites for hydroxylation is 1. The van der Waals surface area contributed by atoms with E-state index in [0.717, 1.165) is 56.7 Å². The van der Waals surface area contributed by atoms with Gasteiger partial charge in [0, 0.05) is 84.9 Å². The van der Waals surface area contributed by atoms with Gasteiger partial charge in [0.2, 0.25) is 5.91 Å². The predicted molar refractivity (Wildman–Crippen MR) is 213 cm³/mol. The molecule has 4 aliphatic heterocycles. The number of halogens is 2. The van der Waals surface area contributed by atoms with Gasteiger partial charge in [-0.2, -0.15) is 0 Å². The number of benzene rings is 2. The number of carboxylic acid groups (broad SMARTS) is 2. The summed E-state index contributed by atoms with van der Waals surface area (Å²) in [4.78, 5) is 52.2. The number of aliphatic carboxylic acids is 2. The molecule has 1 amide bonds. The van der Waals surface area contributed by atoms with Crippen LogP contribution >= 0.6 is 23.2 Å². The summed E-state index contributed by atoms with van der Waals surface area (Å²) < 4.78 is 0. The van der Waals surface area contributed by atoms with Crippen molar-refractivity contribution in [2.24, 2.45) is 0 Å². The maximum Gasteiger partial charge on any atom is 0.334 e. The largest absolute Gasteiger partial charge is 0.478 e. The van der Waals surface area contributed by atoms with Crippen molar-refractivity contribution in [2.45, 2.75) is 95.8 Å². The molecule has 4 heterocycles. The Labute approximate surface area is 330 Å². The number of carboxylic acids is 2. The third kappa shape index (κ3) is 7.69. The van der Waals surface area contributed by atoms with Crippen molar-refractivity contribution < 1.29 is 24.6 Å². The molecule has 2 aromatic carbocycles. The maximum absolute atomic E-state index is 14.3. The molecule has 2 N–H and O–H groups in total. The van der Waals surface area contributed by atoms with Gasteiger partial charge in [0.15, 0.2) is 0 Å². The summed E-state index contributed by atoms with van der Waals surface area (Å²) in [7, 11) is 3.93. The second-order valence-corrected chi connectivity index (χ2v) is 16.3. The molecule has 54 heavy (non-hydrogen) atoms. The minimum Gasteiger partial charge on any atom is -0.478 e. The van der Waals surface area contributed by atoms with Gasteiger partial charge in [-0.15, -0.1) is 0 Å². The molecule has 292 valence electrons. The lowest BCUT2D eigenvalue weighted by molar-refractivity contribution is -0.134. The van der Waals surface area contributed by atoms with Crippen LogP contribution in [0.4, 0.5) is 0 Å². The van der Waals surface area contributed by atoms with Crippen molar-refractivity contribution in [2.75, 3.05) is 53.4 Å². The Kier molecular flexibility index (Phi) is 12.5. The van der Waals surface area contributed by atoms with Crippen LogP contribution in [-0.2, 0) is 32.8 Å². The Hall–Kier alpha value is -3.41. The number of amides is 1. The molecule has 3 saturated heterocycles. The molecule has 0 aliphatic carbocycles. The highest BCUT2D eigenvalue weighted by Crippen LogP contribution is 2.52. The average Bonchev–Trinajstić information content (AvgIpc) is 3.32. The molecule has 2 aromatic rings. The van der Waals surface area contributed by atoms with E-state index in [1.54, 1.807) is 37.1 Å². The molecule has 0 radical (unpaired) electrons. The van der Waals surface area contributed by atoms with Crippen LogP contribution in [0.15, 0.2) is 65.0 Å². The molecule has 6 rings (SSSR count). The molecular formula is C42H55Cl2N5O5. The third-order valence-corrected chi connectivity index (χ3v) is 13.5. The van der Waals surface area contributed by atoms with Gasteiger partial charge in [0.25, 0.3) is 0 Å². The van der Waals surface area contributed by atoms with Crippen molar-refractivity contribution in [3.63, 3.8) is 0 Å². The summed E-state index contributed by atoms with van der Waals surface area (Å²) in [6.07, 6.45) is 5.41. The number of hydrogen-bond donors (Lipinski definition) is 2. The van der Waals surface area contributed by atoms with Gasteiger partial charge in [-0.25, -0.2) is 9.59 Å². The molecule has 0 spiro atoms. The van der Waals surface area contributed by atoms with Crippen LogP contribution in [0.2, 0.25) is 10.0 Å². The first kappa shape index (κ1) is 40.3. The van der Waals surface area contributed by atoms with Crippen molar-refractivity contribution in [3.8, 4) is 0 Å². The quantitative estimate of drug-likeness (QED) is 0.236. The van der Waals surface area contributed by atoms with Gasteiger partial charge in [0.1, 0.15) is 0 Å². The molecular weight excluding hydrogens is 725 g/mol. The van der Waals surface area contributed by atoms with Crippen molar-refractivity contribution in [1.29, 1.82) is 0 Å². The van der Waals surface area contributed by atoms with Crippen LogP contribution in [0.3, 0.4) is 0 Å². The Morgan fingerprint density at radius 1 is 0.778 bits per heavy atom. The zero-order chi connectivity index (χ0) is 38.9. The standard InChI is InChI=1S/C42H55Cl2N5O5/c1-6-47(7-2)26-28-12-9-8-11-27(28)15-18-34-38(40(51)52)42(3,37-32(43)13-10-14-33(37)44)39(41(53)54)35(46(34)5)25-36(50)49-21-19-48(20-22-49)31-23-29-16-17-30(24-31)45(29)4/h8-14,29-31H,6-7,15-26H2,1-5H3,(H,51,52)(H,53,54). The van der Waals surface area contributed by atoms with Gasteiger partial charge < -0.3 is 24.9 Å². The zero-order valence-electron chi connectivity index (χ0n) is 32.3. The van der Waals surface area contributed by atoms with Gasteiger partial charge >= 0.3 is 11.9 Å². The molecule has 3 unspecified atom stereocenters. The van der Waals surface area contributed by atoms with E-state index >= 15 is 0 Å². The summed E-state index contributed by atoms with van der Waals surface area (Å²) in [5.41, 5.74) is 0.989. The fourth-order valence-electron chi connectivity index (χ4n) is 9.77. The number of carbonyl (C=O) groups is 3. The smallest absolute Gasteiger partial charge is 0.334 e. The average molecular weight is 781 g/mol. The minimum absolute atomic E-state index is 0.115. The monoisotopic (exact) mass is 779 g/mol. The topological polar surface area (TPSA) is 108 Å². The van der Waals surface area contributed by atoms with Crippen LogP contribution in [0.5, 0.6) is 0 Å². The normalized spacial score (nSPS) is 25.2. The fraction of sp³-hybridized carbons (Fsp3) is 0.548. The van der Waals surface area contributed by atoms with E-state index in [9.17, 15) is 24.6 Å². The van der Waals surface area contributed by atoms with E-state index in [2.05, 4.69) is 47.7 Å². The zero-order valence-corrected chi connectivity index (χ0v) is 33.8. The van der Waals surface area contributed by atoms with Crippen molar-refractivity contribution in [1.82, 2.24) is 24.5 Å². The Morgan fingerprint density at radius 2 is 1.33 bits per heavy atom. The van der Waals surface area contributed by atoms with Crippen LogP contribution in [-0.4, -0.2) is 124 Å². The highest BCUT2D eigenvalue weighted by atomic mass is 35.5. The van der Waals surface area contributed by atoms with Crippen LogP contribution < -0.4 is 0 Å². The molecule has 10 nitrogen and oxygen atoms in total. The summed E-state index contributed by atoms with van der Waals surface area (Å²) in [6, 6.07) is 14.8. The van der Waals surface area contributed by atoms with Crippen molar-refractivity contribution >= 4 is 41.0 Å². The van der Waals surface area contributed by atoms with Gasteiger partial charge in [-0.05, 0) is 88.8 Å². The van der Waals surface area contributed by atoms with Crippen molar-refractivity contribution in [3.05, 3.63) is 91.7 Å². The molecule has 3 fully saturated rings. The highest BCUT2D eigenvalue weighted by Gasteiger charge is 2.52. The predicted octanol–water partition coefficient (Wildman–Crippen LogP) is 6.51. The molecule has 4 aliphatic rings. The number of rotatable bonds is 13. The first-order valence-electron chi connectivity index (χ1n) is 19.4. The lowest BCUT2D eigenvalue weighted by Crippen LogP contribution is -2.56. The summed E-state index contributed by atoms with van der Waals surface area (Å²) in [6.45, 7) is 11.0. The van der Waals surface area contributed by atoms with E-state index in [1.807, 2.05) is 17.0 Å². The summed E-state index contributed by atoms with van der Waals surface area (Å²) in [5, 5.41) is 22.3. The number of piperazine rings is 1. The SMILES string of the molecule is CCN(CC)Cc1ccccc1CCC1=C(C(=O)O)C(C)(c2c(Cl)cccc2Cl)C(C(=O)O)=C(CC(=O)N2CCN(C3CC4CCC(C3)N4C)CC2)N1C. The number of nitrogens with zero attached hydrogens (tertiary/aromatic N) is 5. The molecule has 2 bridgehead atoms. The van der Waals surface area contributed by atoms with Crippen LogP contribution in [0.1, 0.15) is 76.0 Å². The number of carbonyl (C=O) groups excluding carboxylic acids is 1. The molecule has 0 saturated carbocycles. The molecule has 0 aromatic heterocycles.